The number of carbonyl (C=O) groups excluding carboxylic acids is 1. The maximum absolute atomic E-state index is 13.2. The largest absolute Gasteiger partial charge is 0.332 e. The fourth-order valence-electron chi connectivity index (χ4n) is 3.94. The molecular weight excluding hydrogens is 406 g/mol. The fourth-order valence-corrected chi connectivity index (χ4v) is 3.94. The lowest BCUT2D eigenvalue weighted by molar-refractivity contribution is 0.0714. The number of rotatable bonds is 5. The molecule has 4 aromatic rings. The van der Waals surface area contributed by atoms with Gasteiger partial charge in [0.15, 0.2) is 5.69 Å². The Bertz CT molecular complexity index is 1280. The molecule has 5 rings (SSSR count). The predicted octanol–water partition coefficient (Wildman–Crippen LogP) is 2.19. The summed E-state index contributed by atoms with van der Waals surface area (Å²) in [6, 6.07) is 16.2. The van der Waals surface area contributed by atoms with E-state index in [1.54, 1.807) is 23.4 Å². The molecule has 1 unspecified atom stereocenters. The van der Waals surface area contributed by atoms with Crippen LogP contribution in [0.2, 0.25) is 0 Å². The molecule has 0 spiro atoms. The average Bonchev–Trinajstić information content (AvgIpc) is 3.51. The van der Waals surface area contributed by atoms with Gasteiger partial charge in [-0.3, -0.25) is 14.6 Å². The molecule has 32 heavy (non-hydrogen) atoms. The third kappa shape index (κ3) is 3.92. The zero-order valence-corrected chi connectivity index (χ0v) is 17.3. The van der Waals surface area contributed by atoms with Crippen LogP contribution in [0, 0.1) is 0 Å². The molecule has 0 radical (unpaired) electrons. The van der Waals surface area contributed by atoms with Crippen LogP contribution < -0.4 is 5.56 Å². The van der Waals surface area contributed by atoms with Gasteiger partial charge in [0.1, 0.15) is 0 Å². The third-order valence-electron chi connectivity index (χ3n) is 5.56. The Kier molecular flexibility index (Phi) is 5.29. The number of likely N-dealkylation sites (tertiary alicyclic amines) is 1. The van der Waals surface area contributed by atoms with Crippen LogP contribution in [0.4, 0.5) is 0 Å². The van der Waals surface area contributed by atoms with Crippen LogP contribution in [0.15, 0.2) is 78.0 Å². The number of para-hydroxylation sites is 1. The van der Waals surface area contributed by atoms with Crippen LogP contribution in [0.1, 0.15) is 23.3 Å². The minimum absolute atomic E-state index is 0.137. The van der Waals surface area contributed by atoms with Gasteiger partial charge in [0.2, 0.25) is 0 Å². The van der Waals surface area contributed by atoms with Crippen LogP contribution in [-0.2, 0) is 6.54 Å². The zero-order valence-electron chi connectivity index (χ0n) is 17.3. The first-order valence-corrected chi connectivity index (χ1v) is 10.5. The Balaban J connectivity index is 1.36. The van der Waals surface area contributed by atoms with E-state index in [-0.39, 0.29) is 23.2 Å². The topological polar surface area (TPSA) is 98.8 Å². The van der Waals surface area contributed by atoms with E-state index < -0.39 is 0 Å². The monoisotopic (exact) mass is 427 g/mol. The minimum atomic E-state index is -0.197. The Labute approximate surface area is 184 Å². The van der Waals surface area contributed by atoms with E-state index in [9.17, 15) is 9.59 Å². The van der Waals surface area contributed by atoms with Crippen molar-refractivity contribution < 1.29 is 4.79 Å². The highest BCUT2D eigenvalue weighted by atomic mass is 16.2. The molecular formula is C23H21N7O2. The Morgan fingerprint density at radius 1 is 1.00 bits per heavy atom. The quantitative estimate of drug-likeness (QED) is 0.484. The highest BCUT2D eigenvalue weighted by Crippen LogP contribution is 2.21. The van der Waals surface area contributed by atoms with Gasteiger partial charge < -0.3 is 4.90 Å². The maximum Gasteiger partial charge on any atom is 0.276 e. The summed E-state index contributed by atoms with van der Waals surface area (Å²) in [5.74, 6) is -0.187. The summed E-state index contributed by atoms with van der Waals surface area (Å²) in [6.45, 7) is 0.941. The number of hydrogen-bond donors (Lipinski definition) is 0. The Morgan fingerprint density at radius 2 is 1.81 bits per heavy atom. The van der Waals surface area contributed by atoms with Crippen molar-refractivity contribution in [3.8, 4) is 16.9 Å². The van der Waals surface area contributed by atoms with E-state index in [0.717, 1.165) is 24.1 Å². The van der Waals surface area contributed by atoms with Gasteiger partial charge in [0.25, 0.3) is 11.5 Å². The van der Waals surface area contributed by atoms with Crippen molar-refractivity contribution in [2.75, 3.05) is 6.54 Å². The van der Waals surface area contributed by atoms with Gasteiger partial charge in [-0.2, -0.15) is 15.0 Å². The molecule has 0 N–H and O–H groups in total. The number of benzene rings is 1. The smallest absolute Gasteiger partial charge is 0.276 e. The molecule has 3 aromatic heterocycles. The molecule has 1 atom stereocenters. The van der Waals surface area contributed by atoms with Crippen molar-refractivity contribution in [2.24, 2.45) is 0 Å². The highest BCUT2D eigenvalue weighted by Gasteiger charge is 2.31. The summed E-state index contributed by atoms with van der Waals surface area (Å²) in [7, 11) is 0. The molecule has 1 amide bonds. The Hall–Kier alpha value is -4.14. The van der Waals surface area contributed by atoms with Gasteiger partial charge in [-0.15, -0.1) is 5.10 Å². The summed E-state index contributed by atoms with van der Waals surface area (Å²) in [4.78, 5) is 32.9. The molecule has 0 saturated carbocycles. The van der Waals surface area contributed by atoms with Gasteiger partial charge in [-0.1, -0.05) is 18.2 Å². The number of aromatic nitrogens is 6. The van der Waals surface area contributed by atoms with Gasteiger partial charge in [0, 0.05) is 30.6 Å². The number of hydrogen-bond acceptors (Lipinski definition) is 6. The van der Waals surface area contributed by atoms with E-state index in [4.69, 9.17) is 0 Å². The van der Waals surface area contributed by atoms with Gasteiger partial charge in [-0.25, -0.2) is 4.68 Å². The molecule has 9 heteroatoms. The molecule has 1 aromatic carbocycles. The predicted molar refractivity (Wildman–Crippen MR) is 117 cm³/mol. The van der Waals surface area contributed by atoms with Gasteiger partial charge in [-0.05, 0) is 43.2 Å². The van der Waals surface area contributed by atoms with Crippen LogP contribution in [0.3, 0.4) is 0 Å². The third-order valence-corrected chi connectivity index (χ3v) is 5.56. The second-order valence-corrected chi connectivity index (χ2v) is 7.62. The first-order chi connectivity index (χ1) is 15.7. The molecule has 1 aliphatic heterocycles. The summed E-state index contributed by atoms with van der Waals surface area (Å²) in [5, 5.41) is 13.1. The standard InChI is InChI=1S/C23H21N7O2/c31-22-9-8-20(17-10-12-24-13-11-17)26-29(22)16-19-7-4-14-28(19)23(32)21-15-25-30(27-21)18-5-2-1-3-6-18/h1-3,5-6,8-13,15,19H,4,7,14,16H2. The fraction of sp³-hybridized carbons (Fsp3) is 0.217. The van der Waals surface area contributed by atoms with Crippen molar-refractivity contribution >= 4 is 5.91 Å². The highest BCUT2D eigenvalue weighted by molar-refractivity contribution is 5.92. The first kappa shape index (κ1) is 19.8. The van der Waals surface area contributed by atoms with Crippen molar-refractivity contribution in [2.45, 2.75) is 25.4 Å². The van der Waals surface area contributed by atoms with Crippen molar-refractivity contribution in [1.82, 2.24) is 34.7 Å². The van der Waals surface area contributed by atoms with Crippen molar-refractivity contribution in [3.05, 3.63) is 89.2 Å². The SMILES string of the molecule is O=C(c1cnn(-c2ccccc2)n1)N1CCCC1Cn1nc(-c2ccncc2)ccc1=O. The van der Waals surface area contributed by atoms with Crippen molar-refractivity contribution in [1.29, 1.82) is 0 Å². The Morgan fingerprint density at radius 3 is 2.62 bits per heavy atom. The molecule has 1 aliphatic rings. The maximum atomic E-state index is 13.2. The van der Waals surface area contributed by atoms with Crippen LogP contribution >= 0.6 is 0 Å². The molecule has 1 saturated heterocycles. The molecule has 0 bridgehead atoms. The summed E-state index contributed by atoms with van der Waals surface area (Å²) in [5.41, 5.74) is 2.44. The first-order valence-electron chi connectivity index (χ1n) is 10.5. The van der Waals surface area contributed by atoms with Gasteiger partial charge in [0.05, 0.1) is 30.2 Å². The molecule has 0 aliphatic carbocycles. The summed E-state index contributed by atoms with van der Waals surface area (Å²) in [6.07, 6.45) is 6.52. The van der Waals surface area contributed by atoms with Crippen LogP contribution in [-0.4, -0.2) is 53.2 Å². The van der Waals surface area contributed by atoms with E-state index in [1.165, 1.54) is 21.7 Å². The van der Waals surface area contributed by atoms with Crippen LogP contribution in [0.25, 0.3) is 16.9 Å². The number of nitrogens with zero attached hydrogens (tertiary/aromatic N) is 7. The number of pyridine rings is 1. The van der Waals surface area contributed by atoms with E-state index in [2.05, 4.69) is 20.3 Å². The van der Waals surface area contributed by atoms with E-state index >= 15 is 0 Å². The van der Waals surface area contributed by atoms with Crippen molar-refractivity contribution in [3.63, 3.8) is 0 Å². The molecule has 4 heterocycles. The lowest BCUT2D eigenvalue weighted by Crippen LogP contribution is -2.40. The summed E-state index contributed by atoms with van der Waals surface area (Å²) < 4.78 is 1.44. The number of carbonyl (C=O) groups is 1. The molecule has 9 nitrogen and oxygen atoms in total. The molecule has 160 valence electrons. The van der Waals surface area contributed by atoms with Gasteiger partial charge >= 0.3 is 0 Å². The molecule has 1 fully saturated rings. The van der Waals surface area contributed by atoms with E-state index in [0.29, 0.717) is 18.8 Å². The average molecular weight is 427 g/mol. The summed E-state index contributed by atoms with van der Waals surface area (Å²) >= 11 is 0. The second kappa shape index (κ2) is 8.54. The lowest BCUT2D eigenvalue weighted by Gasteiger charge is -2.24. The minimum Gasteiger partial charge on any atom is -0.332 e. The zero-order chi connectivity index (χ0) is 21.9. The lowest BCUT2D eigenvalue weighted by atomic mass is 10.2. The number of amides is 1. The van der Waals surface area contributed by atoms with Crippen LogP contribution in [0.5, 0.6) is 0 Å². The second-order valence-electron chi connectivity index (χ2n) is 7.62. The normalized spacial score (nSPS) is 15.8. The van der Waals surface area contributed by atoms with E-state index in [1.807, 2.05) is 42.5 Å².